The highest BCUT2D eigenvalue weighted by atomic mass is 32.2. The summed E-state index contributed by atoms with van der Waals surface area (Å²) in [6.07, 6.45) is 5.19. The highest BCUT2D eigenvalue weighted by molar-refractivity contribution is 7.99. The maximum Gasteiger partial charge on any atom is 0.220 e. The Kier molecular flexibility index (Phi) is 9.30. The van der Waals surface area contributed by atoms with Crippen LogP contribution in [0.15, 0.2) is 34.6 Å². The van der Waals surface area contributed by atoms with Gasteiger partial charge in [0.15, 0.2) is 16.3 Å². The third-order valence-electron chi connectivity index (χ3n) is 6.63. The van der Waals surface area contributed by atoms with Crippen molar-refractivity contribution in [3.8, 4) is 11.5 Å². The van der Waals surface area contributed by atoms with Crippen LogP contribution in [-0.4, -0.2) is 57.2 Å². The number of ether oxygens (including phenoxy) is 2. The second-order valence-electron chi connectivity index (χ2n) is 10.8. The van der Waals surface area contributed by atoms with Crippen molar-refractivity contribution < 1.29 is 14.3 Å². The molecule has 1 aliphatic rings. The van der Waals surface area contributed by atoms with Gasteiger partial charge in [-0.05, 0) is 72.1 Å². The van der Waals surface area contributed by atoms with Gasteiger partial charge in [0.2, 0.25) is 5.91 Å². The molecule has 1 fully saturated rings. The summed E-state index contributed by atoms with van der Waals surface area (Å²) in [5.74, 6) is 4.29. The van der Waals surface area contributed by atoms with Crippen LogP contribution in [0.1, 0.15) is 46.5 Å². The monoisotopic (exact) mass is 558 g/mol. The molecule has 206 valence electrons. The molecule has 0 aliphatic carbocycles. The van der Waals surface area contributed by atoms with Crippen molar-refractivity contribution in [3.05, 3.63) is 30.0 Å². The van der Waals surface area contributed by atoms with E-state index in [-0.39, 0.29) is 22.9 Å². The lowest BCUT2D eigenvalue weighted by atomic mass is 9.89. The molecule has 11 heteroatoms. The highest BCUT2D eigenvalue weighted by Crippen LogP contribution is 2.36. The van der Waals surface area contributed by atoms with E-state index in [0.29, 0.717) is 41.0 Å². The topological polar surface area (TPSA) is 118 Å². The summed E-state index contributed by atoms with van der Waals surface area (Å²) < 4.78 is 12.9. The minimum absolute atomic E-state index is 0.0552. The Morgan fingerprint density at radius 2 is 2.05 bits per heavy atom. The number of hydrogen-bond donors (Lipinski definition) is 3. The summed E-state index contributed by atoms with van der Waals surface area (Å²) in [6, 6.07) is 5.71. The lowest BCUT2D eigenvalue weighted by molar-refractivity contribution is -0.124. The number of thioether (sulfide) groups is 1. The molecule has 1 aromatic carbocycles. The number of fused-ring (bicyclic) bond motifs is 1. The maximum absolute atomic E-state index is 12.9. The van der Waals surface area contributed by atoms with Crippen LogP contribution in [0.4, 0.5) is 0 Å². The lowest BCUT2D eigenvalue weighted by Gasteiger charge is -2.32. The molecule has 0 radical (unpaired) electrons. The molecule has 1 atom stereocenters. The normalized spacial score (nSPS) is 15.4. The van der Waals surface area contributed by atoms with Crippen LogP contribution in [0.2, 0.25) is 0 Å². The number of carbonyl (C=O) groups excluding carboxylic acids is 1. The van der Waals surface area contributed by atoms with Gasteiger partial charge < -0.3 is 24.3 Å². The molecule has 1 aliphatic heterocycles. The van der Waals surface area contributed by atoms with Gasteiger partial charge in [-0.1, -0.05) is 20.8 Å². The molecule has 3 aromatic rings. The van der Waals surface area contributed by atoms with E-state index in [1.165, 1.54) is 11.8 Å². The molecule has 1 unspecified atom stereocenters. The largest absolute Gasteiger partial charge is 0.497 e. The Morgan fingerprint density at radius 1 is 1.29 bits per heavy atom. The van der Waals surface area contributed by atoms with Crippen molar-refractivity contribution in [2.24, 2.45) is 11.3 Å². The number of nitrogens with zero attached hydrogens (tertiary/aromatic N) is 3. The number of benzene rings is 1. The molecule has 0 saturated carbocycles. The Balaban J connectivity index is 1.56. The van der Waals surface area contributed by atoms with E-state index in [4.69, 9.17) is 19.9 Å². The summed E-state index contributed by atoms with van der Waals surface area (Å²) in [4.78, 5) is 26.1. The van der Waals surface area contributed by atoms with Crippen molar-refractivity contribution in [2.75, 3.05) is 25.7 Å². The second-order valence-corrected chi connectivity index (χ2v) is 13.1. The van der Waals surface area contributed by atoms with Gasteiger partial charge in [0.25, 0.3) is 0 Å². The maximum atomic E-state index is 12.9. The van der Waals surface area contributed by atoms with Gasteiger partial charge >= 0.3 is 0 Å². The SMILES string of the molecule is COc1ccc(OC)c(Sc2nc3c([nH]2)c(=N)ncn3CCC(NC(=O)CC(C)(C)C)C2CCSCC2)c1. The number of nitrogens with one attached hydrogen (secondary N) is 3. The molecule has 1 saturated heterocycles. The average Bonchev–Trinajstić information content (AvgIpc) is 3.31. The predicted octanol–water partition coefficient (Wildman–Crippen LogP) is 4.86. The molecule has 0 spiro atoms. The van der Waals surface area contributed by atoms with Crippen LogP contribution in [0.3, 0.4) is 0 Å². The fraction of sp³-hybridized carbons (Fsp3) is 0.556. The third-order valence-corrected chi connectivity index (χ3v) is 8.60. The number of aromatic amines is 1. The van der Waals surface area contributed by atoms with Crippen molar-refractivity contribution >= 4 is 40.6 Å². The van der Waals surface area contributed by atoms with E-state index in [0.717, 1.165) is 41.4 Å². The third kappa shape index (κ3) is 7.25. The molecule has 38 heavy (non-hydrogen) atoms. The summed E-state index contributed by atoms with van der Waals surface area (Å²) in [6.45, 7) is 6.92. The predicted molar refractivity (Wildman–Crippen MR) is 152 cm³/mol. The minimum Gasteiger partial charge on any atom is -0.497 e. The molecule has 3 N–H and O–H groups in total. The number of aromatic nitrogens is 4. The zero-order valence-corrected chi connectivity index (χ0v) is 24.4. The number of hydrogen-bond acceptors (Lipinski definition) is 8. The zero-order valence-electron chi connectivity index (χ0n) is 22.8. The minimum atomic E-state index is -0.0552. The molecule has 0 bridgehead atoms. The zero-order chi connectivity index (χ0) is 27.3. The molecule has 1 amide bonds. The smallest absolute Gasteiger partial charge is 0.220 e. The number of aryl methyl sites for hydroxylation is 1. The van der Waals surface area contributed by atoms with Gasteiger partial charge in [0.1, 0.15) is 17.0 Å². The van der Waals surface area contributed by atoms with Crippen molar-refractivity contribution in [1.29, 1.82) is 5.41 Å². The van der Waals surface area contributed by atoms with Crippen LogP contribution < -0.4 is 20.3 Å². The van der Waals surface area contributed by atoms with Gasteiger partial charge in [0.05, 0.1) is 25.4 Å². The van der Waals surface area contributed by atoms with Crippen LogP contribution in [-0.2, 0) is 11.3 Å². The quantitative estimate of drug-likeness (QED) is 0.325. The van der Waals surface area contributed by atoms with Gasteiger partial charge in [-0.2, -0.15) is 11.8 Å². The molecular formula is C27H38N6O3S2. The van der Waals surface area contributed by atoms with Gasteiger partial charge in [-0.3, -0.25) is 10.2 Å². The number of H-pyrrole nitrogens is 1. The fourth-order valence-corrected chi connectivity index (χ4v) is 6.77. The van der Waals surface area contributed by atoms with E-state index >= 15 is 0 Å². The van der Waals surface area contributed by atoms with E-state index in [1.807, 2.05) is 34.5 Å². The first-order valence-electron chi connectivity index (χ1n) is 12.9. The summed E-state index contributed by atoms with van der Waals surface area (Å²) in [5.41, 5.74) is 1.35. The standard InChI is InChI=1S/C27H38N6O3S2/c1-27(2,3)15-22(34)30-19(17-9-12-37-13-10-17)8-11-33-16-29-24(28)23-25(33)32-26(31-23)38-21-14-18(35-4)6-7-20(21)36-5/h6-7,14,16-17,19,28H,8-13,15H2,1-5H3,(H,30,34)(H,31,32). The Morgan fingerprint density at radius 3 is 2.74 bits per heavy atom. The Bertz CT molecular complexity index is 1310. The summed E-state index contributed by atoms with van der Waals surface area (Å²) in [5, 5.41) is 12.3. The number of imidazole rings is 1. The van der Waals surface area contributed by atoms with E-state index in [9.17, 15) is 4.79 Å². The van der Waals surface area contributed by atoms with Gasteiger partial charge in [0, 0.05) is 19.0 Å². The Labute approximate surface area is 232 Å². The van der Waals surface area contributed by atoms with E-state index < -0.39 is 0 Å². The lowest BCUT2D eigenvalue weighted by Crippen LogP contribution is -2.43. The number of rotatable bonds is 10. The van der Waals surface area contributed by atoms with E-state index in [2.05, 4.69) is 36.1 Å². The number of amides is 1. The first kappa shape index (κ1) is 28.4. The van der Waals surface area contributed by atoms with Gasteiger partial charge in [-0.15, -0.1) is 0 Å². The van der Waals surface area contributed by atoms with Crippen molar-refractivity contribution in [1.82, 2.24) is 24.8 Å². The molecule has 4 rings (SSSR count). The fourth-order valence-electron chi connectivity index (χ4n) is 4.70. The van der Waals surface area contributed by atoms with Crippen LogP contribution in [0.25, 0.3) is 11.2 Å². The van der Waals surface area contributed by atoms with Crippen molar-refractivity contribution in [2.45, 2.75) is 69.1 Å². The molecular weight excluding hydrogens is 520 g/mol. The molecule has 9 nitrogen and oxygen atoms in total. The molecule has 3 heterocycles. The van der Waals surface area contributed by atoms with E-state index in [1.54, 1.807) is 20.5 Å². The molecule has 2 aromatic heterocycles. The van der Waals surface area contributed by atoms with Crippen LogP contribution >= 0.6 is 23.5 Å². The van der Waals surface area contributed by atoms with Crippen molar-refractivity contribution in [3.63, 3.8) is 0 Å². The van der Waals surface area contributed by atoms with Gasteiger partial charge in [-0.25, -0.2) is 9.97 Å². The first-order valence-corrected chi connectivity index (χ1v) is 14.9. The number of carbonyl (C=O) groups is 1. The highest BCUT2D eigenvalue weighted by Gasteiger charge is 2.27. The summed E-state index contributed by atoms with van der Waals surface area (Å²) >= 11 is 3.41. The first-order chi connectivity index (χ1) is 18.2. The average molecular weight is 559 g/mol. The second kappa shape index (κ2) is 12.5. The summed E-state index contributed by atoms with van der Waals surface area (Å²) in [7, 11) is 3.26. The Hall–Kier alpha value is -2.66. The van der Waals surface area contributed by atoms with Crippen LogP contribution in [0, 0.1) is 16.7 Å². The van der Waals surface area contributed by atoms with Crippen LogP contribution in [0.5, 0.6) is 11.5 Å². The number of methoxy groups -OCH3 is 2.